The van der Waals surface area contributed by atoms with E-state index in [1.807, 2.05) is 6.92 Å². The van der Waals surface area contributed by atoms with Crippen LogP contribution in [0, 0.1) is 0 Å². The molecule has 0 N–H and O–H groups in total. The first-order valence-corrected chi connectivity index (χ1v) is 11.2. The van der Waals surface area contributed by atoms with Crippen LogP contribution >= 0.6 is 0 Å². The van der Waals surface area contributed by atoms with E-state index in [4.69, 9.17) is 1.37 Å². The summed E-state index contributed by atoms with van der Waals surface area (Å²) in [5.41, 5.74) is 0. The molecule has 0 nitrogen and oxygen atoms in total. The van der Waals surface area contributed by atoms with Crippen molar-refractivity contribution in [3.63, 3.8) is 0 Å². The maximum Gasteiger partial charge on any atom is 0.0264 e. The van der Waals surface area contributed by atoms with E-state index in [9.17, 15) is 0 Å². The van der Waals surface area contributed by atoms with Gasteiger partial charge in [0.15, 0.2) is 0 Å². The number of rotatable bonds is 20. The minimum Gasteiger partial charge on any atom is -0.0654 e. The van der Waals surface area contributed by atoms with Crippen LogP contribution in [0.5, 0.6) is 0 Å². The van der Waals surface area contributed by atoms with Crippen molar-refractivity contribution in [2.24, 2.45) is 0 Å². The summed E-state index contributed by atoms with van der Waals surface area (Å²) in [5.74, 6) is 0. The lowest BCUT2D eigenvalue weighted by Gasteiger charge is -2.04. The van der Waals surface area contributed by atoms with E-state index in [0.29, 0.717) is 0 Å². The highest BCUT2D eigenvalue weighted by Crippen LogP contribution is 2.14. The van der Waals surface area contributed by atoms with Gasteiger partial charge in [-0.05, 0) is 0 Å². The molecule has 1 unspecified atom stereocenters. The lowest BCUT2D eigenvalue weighted by molar-refractivity contribution is 0.521. The number of hydrogen-bond donors (Lipinski definition) is 0. The smallest absolute Gasteiger partial charge is 0.0264 e. The second-order valence-electron chi connectivity index (χ2n) is 7.56. The molecule has 1 atom stereocenters. The molecule has 23 heavy (non-hydrogen) atoms. The van der Waals surface area contributed by atoms with Gasteiger partial charge in [0.2, 0.25) is 0 Å². The van der Waals surface area contributed by atoms with Gasteiger partial charge in [-0.2, -0.15) is 0 Å². The summed E-state index contributed by atoms with van der Waals surface area (Å²) >= 11 is 0. The molecule has 0 aliphatic rings. The Morgan fingerprint density at radius 3 is 0.783 bits per heavy atom. The largest absolute Gasteiger partial charge is 0.0654 e. The van der Waals surface area contributed by atoms with Gasteiger partial charge in [0, 0.05) is 1.37 Å². The Bertz CT molecular complexity index is 212. The first kappa shape index (κ1) is 21.0. The van der Waals surface area contributed by atoms with E-state index in [1.54, 1.807) is 0 Å². The van der Waals surface area contributed by atoms with Gasteiger partial charge in [-0.3, -0.25) is 0 Å². The lowest BCUT2D eigenvalue weighted by atomic mass is 10.0. The van der Waals surface area contributed by atoms with Gasteiger partial charge < -0.3 is 0 Å². The Labute approximate surface area is 150 Å². The Balaban J connectivity index is 2.95. The fourth-order valence-corrected chi connectivity index (χ4v) is 3.43. The highest BCUT2D eigenvalue weighted by molar-refractivity contribution is 4.50. The maximum absolute atomic E-state index is 7.48. The highest BCUT2D eigenvalue weighted by atomic mass is 14.0. The van der Waals surface area contributed by atoms with Crippen molar-refractivity contribution in [2.45, 2.75) is 149 Å². The van der Waals surface area contributed by atoms with E-state index in [-0.39, 0.29) is 6.40 Å². The van der Waals surface area contributed by atoms with Crippen LogP contribution in [0.4, 0.5) is 0 Å². The van der Waals surface area contributed by atoms with Gasteiger partial charge in [-0.1, -0.05) is 149 Å². The SMILES string of the molecule is [3H]C(C)CCCCCCCCCCCCCCCCCCCCC. The molecule has 0 amide bonds. The van der Waals surface area contributed by atoms with Crippen LogP contribution in [0.15, 0.2) is 0 Å². The molecule has 0 aliphatic heterocycles. The van der Waals surface area contributed by atoms with Gasteiger partial charge in [-0.25, -0.2) is 0 Å². The van der Waals surface area contributed by atoms with Crippen LogP contribution in [0.2, 0.25) is 0 Å². The molecule has 0 aliphatic carbocycles. The van der Waals surface area contributed by atoms with Crippen molar-refractivity contribution >= 4 is 0 Å². The molecule has 0 aromatic heterocycles. The quantitative estimate of drug-likeness (QED) is 0.195. The first-order chi connectivity index (χ1) is 11.8. The zero-order valence-electron chi connectivity index (χ0n) is 17.7. The van der Waals surface area contributed by atoms with E-state index in [2.05, 4.69) is 6.92 Å². The van der Waals surface area contributed by atoms with Crippen LogP contribution in [0.1, 0.15) is 150 Å². The van der Waals surface area contributed by atoms with Crippen molar-refractivity contribution in [1.29, 1.82) is 0 Å². The fraction of sp³-hybridized carbons (Fsp3) is 1.00. The van der Waals surface area contributed by atoms with E-state index in [0.717, 1.165) is 6.42 Å². The predicted octanol–water partition coefficient (Wildman–Crippen LogP) is 9.22. The van der Waals surface area contributed by atoms with Crippen LogP contribution < -0.4 is 0 Å². The Morgan fingerprint density at radius 2 is 0.565 bits per heavy atom. The highest BCUT2D eigenvalue weighted by Gasteiger charge is 1.95. The third-order valence-corrected chi connectivity index (χ3v) is 5.10. The van der Waals surface area contributed by atoms with Crippen LogP contribution in [0.25, 0.3) is 0 Å². The summed E-state index contributed by atoms with van der Waals surface area (Å²) in [7, 11) is 0. The molecule has 0 aromatic carbocycles. The topological polar surface area (TPSA) is 0 Å². The second-order valence-corrected chi connectivity index (χ2v) is 7.56. The molecular weight excluding hydrogens is 276 g/mol. The van der Waals surface area contributed by atoms with Crippen LogP contribution in [-0.2, 0) is 0 Å². The minimum atomic E-state index is 0.149. The monoisotopic (exact) mass is 326 g/mol. The second kappa shape index (κ2) is 22.0. The summed E-state index contributed by atoms with van der Waals surface area (Å²) in [4.78, 5) is 0. The summed E-state index contributed by atoms with van der Waals surface area (Å²) in [6.07, 6.45) is 28.5. The molecule has 0 spiro atoms. The van der Waals surface area contributed by atoms with Crippen LogP contribution in [-0.4, -0.2) is 0 Å². The average Bonchev–Trinajstić information content (AvgIpc) is 2.56. The third-order valence-electron chi connectivity index (χ3n) is 5.10. The molecule has 0 saturated carbocycles. The molecule has 0 saturated heterocycles. The molecule has 0 radical (unpaired) electrons. The van der Waals surface area contributed by atoms with Gasteiger partial charge in [0.25, 0.3) is 0 Å². The Morgan fingerprint density at radius 1 is 0.348 bits per heavy atom. The molecule has 0 aromatic rings. The molecule has 0 heterocycles. The zero-order chi connectivity index (χ0) is 17.7. The molecule has 0 fully saturated rings. The van der Waals surface area contributed by atoms with Gasteiger partial charge in [-0.15, -0.1) is 0 Å². The van der Waals surface area contributed by atoms with Crippen molar-refractivity contribution in [1.82, 2.24) is 0 Å². The summed E-state index contributed by atoms with van der Waals surface area (Å²) in [5, 5.41) is 0. The average molecular weight is 327 g/mol. The van der Waals surface area contributed by atoms with Crippen LogP contribution in [0.3, 0.4) is 0 Å². The molecular formula is C23H48. The summed E-state index contributed by atoms with van der Waals surface area (Å²) < 4.78 is 7.48. The Hall–Kier alpha value is 0. The first-order valence-electron chi connectivity index (χ1n) is 11.8. The summed E-state index contributed by atoms with van der Waals surface area (Å²) in [6.45, 7) is 4.30. The molecule has 140 valence electrons. The number of unbranched alkanes of at least 4 members (excludes halogenated alkanes) is 18. The van der Waals surface area contributed by atoms with Gasteiger partial charge >= 0.3 is 0 Å². The van der Waals surface area contributed by atoms with E-state index in [1.165, 1.54) is 122 Å². The molecule has 0 bridgehead atoms. The van der Waals surface area contributed by atoms with Gasteiger partial charge in [0.1, 0.15) is 0 Å². The standard InChI is InChI=1S/C23H48/c1-3-5-7-9-11-13-15-17-19-21-23-22-20-18-16-14-12-10-8-6-4-2/h3-23H2,1-2H3/i3T. The van der Waals surface area contributed by atoms with Crippen molar-refractivity contribution < 1.29 is 1.37 Å². The van der Waals surface area contributed by atoms with E-state index < -0.39 is 0 Å². The van der Waals surface area contributed by atoms with Crippen molar-refractivity contribution in [3.8, 4) is 0 Å². The zero-order valence-corrected chi connectivity index (χ0v) is 16.7. The molecule has 0 heteroatoms. The predicted molar refractivity (Wildman–Crippen MR) is 108 cm³/mol. The Kier molecular flexibility index (Phi) is 20.1. The number of hydrogen-bond acceptors (Lipinski definition) is 0. The normalized spacial score (nSPS) is 13.2. The van der Waals surface area contributed by atoms with Crippen molar-refractivity contribution in [3.05, 3.63) is 0 Å². The molecule has 0 rings (SSSR count). The van der Waals surface area contributed by atoms with E-state index >= 15 is 0 Å². The minimum absolute atomic E-state index is 0.149. The fourth-order valence-electron chi connectivity index (χ4n) is 3.43. The maximum atomic E-state index is 7.48. The lowest BCUT2D eigenvalue weighted by Crippen LogP contribution is -1.84. The van der Waals surface area contributed by atoms with Crippen molar-refractivity contribution in [2.75, 3.05) is 0 Å². The van der Waals surface area contributed by atoms with Gasteiger partial charge in [0.05, 0.1) is 0 Å². The third kappa shape index (κ3) is 22.0. The summed E-state index contributed by atoms with van der Waals surface area (Å²) in [6, 6.07) is 0.